The number of aromatic amines is 1. The summed E-state index contributed by atoms with van der Waals surface area (Å²) >= 11 is 11.8. The molecule has 1 N–H and O–H groups in total. The van der Waals surface area contributed by atoms with Gasteiger partial charge in [0, 0.05) is 19.7 Å². The largest absolute Gasteiger partial charge is 0.329 e. The average molecular weight is 341 g/mol. The molecule has 0 fully saturated rings. The lowest BCUT2D eigenvalue weighted by Crippen LogP contribution is -2.34. The van der Waals surface area contributed by atoms with E-state index in [1.807, 2.05) is 6.92 Å². The second-order valence-corrected chi connectivity index (χ2v) is 5.31. The van der Waals surface area contributed by atoms with Gasteiger partial charge >= 0.3 is 5.69 Å². The minimum atomic E-state index is -0.495. The molecule has 0 aliphatic heterocycles. The van der Waals surface area contributed by atoms with Crippen molar-refractivity contribution in [2.45, 2.75) is 6.92 Å². The number of nitrogens with one attached hydrogen (secondary N) is 1. The fourth-order valence-corrected chi connectivity index (χ4v) is 2.03. The van der Waals surface area contributed by atoms with E-state index >= 15 is 0 Å². The summed E-state index contributed by atoms with van der Waals surface area (Å²) < 4.78 is 0.986. The van der Waals surface area contributed by atoms with Crippen molar-refractivity contribution in [3.63, 3.8) is 0 Å². The number of aromatic nitrogens is 2. The number of anilines is 1. The Bertz CT molecular complexity index is 795. The standard InChI is InChI=1S/C14H14Cl2N4O2/c1-3-20(12-7-13(21)19(2)14(22)18-12)17-8-9-4-5-10(15)11(16)6-9/h4-8H,3H2,1-2H3,(H,18,22)/b17-8-. The van der Waals surface area contributed by atoms with E-state index in [1.54, 1.807) is 24.4 Å². The molecule has 1 aromatic carbocycles. The lowest BCUT2D eigenvalue weighted by molar-refractivity contribution is 0.756. The molecule has 0 aliphatic carbocycles. The predicted octanol–water partition coefficient (Wildman–Crippen LogP) is 2.24. The topological polar surface area (TPSA) is 70.5 Å². The third-order valence-corrected chi connectivity index (χ3v) is 3.74. The van der Waals surface area contributed by atoms with E-state index in [4.69, 9.17) is 23.2 Å². The fourth-order valence-electron chi connectivity index (χ4n) is 1.73. The Morgan fingerprint density at radius 1 is 1.27 bits per heavy atom. The molecule has 0 amide bonds. The molecule has 0 unspecified atom stereocenters. The van der Waals surface area contributed by atoms with Gasteiger partial charge < -0.3 is 0 Å². The van der Waals surface area contributed by atoms with Crippen molar-refractivity contribution in [3.05, 3.63) is 60.7 Å². The maximum absolute atomic E-state index is 11.7. The summed E-state index contributed by atoms with van der Waals surface area (Å²) in [4.78, 5) is 25.9. The van der Waals surface area contributed by atoms with Crippen LogP contribution in [0.3, 0.4) is 0 Å². The molecule has 22 heavy (non-hydrogen) atoms. The molecule has 0 radical (unpaired) electrons. The molecule has 116 valence electrons. The van der Waals surface area contributed by atoms with E-state index in [1.165, 1.54) is 18.1 Å². The van der Waals surface area contributed by atoms with Gasteiger partial charge in [0.2, 0.25) is 0 Å². The molecule has 8 heteroatoms. The van der Waals surface area contributed by atoms with Crippen LogP contribution in [0.4, 0.5) is 5.82 Å². The molecular formula is C14H14Cl2N4O2. The van der Waals surface area contributed by atoms with Crippen molar-refractivity contribution in [2.75, 3.05) is 11.6 Å². The van der Waals surface area contributed by atoms with Crippen LogP contribution in [0, 0.1) is 0 Å². The molecule has 0 aliphatic rings. The van der Waals surface area contributed by atoms with Crippen molar-refractivity contribution in [3.8, 4) is 0 Å². The third-order valence-electron chi connectivity index (χ3n) is 3.00. The maximum atomic E-state index is 11.7. The van der Waals surface area contributed by atoms with Crippen LogP contribution in [0.1, 0.15) is 12.5 Å². The Balaban J connectivity index is 2.32. The zero-order chi connectivity index (χ0) is 16.3. The number of hydrogen-bond acceptors (Lipinski definition) is 4. The summed E-state index contributed by atoms with van der Waals surface area (Å²) in [6, 6.07) is 6.42. The molecule has 0 saturated carbocycles. The van der Waals surface area contributed by atoms with E-state index in [2.05, 4.69) is 10.1 Å². The third kappa shape index (κ3) is 3.58. The van der Waals surface area contributed by atoms with Crippen LogP contribution in [0.25, 0.3) is 0 Å². The summed E-state index contributed by atoms with van der Waals surface area (Å²) in [5.41, 5.74) is -0.147. The lowest BCUT2D eigenvalue weighted by atomic mass is 10.2. The highest BCUT2D eigenvalue weighted by Gasteiger charge is 2.07. The highest BCUT2D eigenvalue weighted by molar-refractivity contribution is 6.42. The first-order valence-corrected chi connectivity index (χ1v) is 7.25. The molecule has 2 aromatic rings. The van der Waals surface area contributed by atoms with Crippen LogP contribution in [0.5, 0.6) is 0 Å². The lowest BCUT2D eigenvalue weighted by Gasteiger charge is -2.16. The van der Waals surface area contributed by atoms with Gasteiger partial charge in [-0.05, 0) is 24.6 Å². The second-order valence-electron chi connectivity index (χ2n) is 4.49. The SMILES string of the molecule is CCN(/N=C\c1ccc(Cl)c(Cl)c1)c1cc(=O)n(C)c(=O)[nH]1. The first-order chi connectivity index (χ1) is 10.4. The van der Waals surface area contributed by atoms with E-state index in [0.717, 1.165) is 10.1 Å². The number of H-pyrrole nitrogens is 1. The fraction of sp³-hybridized carbons (Fsp3) is 0.214. The van der Waals surface area contributed by atoms with Gasteiger partial charge in [0.15, 0.2) is 0 Å². The van der Waals surface area contributed by atoms with Gasteiger partial charge in [-0.25, -0.2) is 9.80 Å². The Morgan fingerprint density at radius 2 is 2.00 bits per heavy atom. The monoisotopic (exact) mass is 340 g/mol. The average Bonchev–Trinajstić information content (AvgIpc) is 2.48. The number of nitrogens with zero attached hydrogens (tertiary/aromatic N) is 3. The smallest absolute Gasteiger partial charge is 0.292 e. The first kappa shape index (κ1) is 16.3. The Kier molecular flexibility index (Phi) is 5.05. The van der Waals surface area contributed by atoms with Crippen molar-refractivity contribution in [1.82, 2.24) is 9.55 Å². The molecule has 0 spiro atoms. The number of hydrogen-bond donors (Lipinski definition) is 1. The first-order valence-electron chi connectivity index (χ1n) is 6.49. The predicted molar refractivity (Wildman–Crippen MR) is 89.4 cm³/mol. The molecule has 0 saturated heterocycles. The Hall–Kier alpha value is -2.05. The van der Waals surface area contributed by atoms with Gasteiger partial charge in [-0.2, -0.15) is 5.10 Å². The Morgan fingerprint density at radius 3 is 2.59 bits per heavy atom. The maximum Gasteiger partial charge on any atom is 0.329 e. The van der Waals surface area contributed by atoms with Gasteiger partial charge in [-0.15, -0.1) is 0 Å². The minimum Gasteiger partial charge on any atom is -0.292 e. The number of halogens is 2. The Labute approximate surface area is 136 Å². The molecule has 2 rings (SSSR count). The van der Waals surface area contributed by atoms with E-state index in [-0.39, 0.29) is 0 Å². The number of benzene rings is 1. The number of hydrazone groups is 1. The van der Waals surface area contributed by atoms with Crippen LogP contribution >= 0.6 is 23.2 Å². The van der Waals surface area contributed by atoms with Crippen molar-refractivity contribution >= 4 is 35.2 Å². The van der Waals surface area contributed by atoms with Crippen LogP contribution in [0.15, 0.2) is 39.0 Å². The van der Waals surface area contributed by atoms with Crippen LogP contribution < -0.4 is 16.3 Å². The summed E-state index contributed by atoms with van der Waals surface area (Å²) in [6.45, 7) is 2.32. The van der Waals surface area contributed by atoms with E-state index in [0.29, 0.717) is 22.4 Å². The van der Waals surface area contributed by atoms with Gasteiger partial charge in [0.1, 0.15) is 5.82 Å². The summed E-state index contributed by atoms with van der Waals surface area (Å²) in [7, 11) is 1.40. The van der Waals surface area contributed by atoms with E-state index < -0.39 is 11.2 Å². The van der Waals surface area contributed by atoms with Gasteiger partial charge in [-0.3, -0.25) is 14.3 Å². The summed E-state index contributed by atoms with van der Waals surface area (Å²) in [5, 5.41) is 6.65. The molecule has 1 heterocycles. The second kappa shape index (κ2) is 6.81. The van der Waals surface area contributed by atoms with Gasteiger partial charge in [0.25, 0.3) is 5.56 Å². The molecule has 6 nitrogen and oxygen atoms in total. The molecular weight excluding hydrogens is 327 g/mol. The molecule has 0 atom stereocenters. The molecule has 0 bridgehead atoms. The zero-order valence-corrected chi connectivity index (χ0v) is 13.5. The van der Waals surface area contributed by atoms with Crippen LogP contribution in [-0.4, -0.2) is 22.3 Å². The van der Waals surface area contributed by atoms with Crippen molar-refractivity contribution < 1.29 is 0 Å². The molecule has 1 aromatic heterocycles. The normalized spacial score (nSPS) is 11.1. The van der Waals surface area contributed by atoms with Crippen molar-refractivity contribution in [2.24, 2.45) is 12.1 Å². The summed E-state index contributed by atoms with van der Waals surface area (Å²) in [5.74, 6) is 0.326. The van der Waals surface area contributed by atoms with Gasteiger partial charge in [0.05, 0.1) is 16.3 Å². The minimum absolute atomic E-state index is 0.326. The van der Waals surface area contributed by atoms with Gasteiger partial charge in [-0.1, -0.05) is 29.3 Å². The highest BCUT2D eigenvalue weighted by Crippen LogP contribution is 2.21. The van der Waals surface area contributed by atoms with Crippen LogP contribution in [-0.2, 0) is 7.05 Å². The summed E-state index contributed by atoms with van der Waals surface area (Å²) in [6.07, 6.45) is 1.57. The zero-order valence-electron chi connectivity index (χ0n) is 12.0. The highest BCUT2D eigenvalue weighted by atomic mass is 35.5. The quantitative estimate of drug-likeness (QED) is 0.685. The van der Waals surface area contributed by atoms with Crippen LogP contribution in [0.2, 0.25) is 10.0 Å². The van der Waals surface area contributed by atoms with E-state index in [9.17, 15) is 9.59 Å². The van der Waals surface area contributed by atoms with Crippen molar-refractivity contribution in [1.29, 1.82) is 0 Å². The number of rotatable bonds is 4.